The Morgan fingerprint density at radius 3 is 2.29 bits per heavy atom. The fourth-order valence-electron chi connectivity index (χ4n) is 8.44. The van der Waals surface area contributed by atoms with E-state index in [2.05, 4.69) is 0 Å². The molecule has 35 heavy (non-hydrogen) atoms. The number of hydrogen-bond acceptors (Lipinski definition) is 8. The van der Waals surface area contributed by atoms with Crippen molar-refractivity contribution < 1.29 is 40.5 Å². The standard InChI is InChI=1S/C27H44O8/c1-23(2,33)8-7-21(32)26(5,34)20-6-9-27(35)15-11-16(28)14-10-17(29)18(30)12-24(14,3)22(15)19(31)13-25(20,27)4/h11,14,17-22,29-35H,6-10,12-13H2,1-5H3/t14-,17+,18-,19+,20-,21-,22?,24-,25+,26+,27+/m0/s1. The number of carbonyl (C=O) groups is 1. The molecule has 1 unspecified atom stereocenters. The van der Waals surface area contributed by atoms with Crippen molar-refractivity contribution in [1.82, 2.24) is 0 Å². The number of allylic oxidation sites excluding steroid dienone is 1. The molecule has 8 nitrogen and oxygen atoms in total. The van der Waals surface area contributed by atoms with E-state index in [9.17, 15) is 40.5 Å². The molecule has 7 N–H and O–H groups in total. The molecule has 0 bridgehead atoms. The van der Waals surface area contributed by atoms with Gasteiger partial charge >= 0.3 is 0 Å². The van der Waals surface area contributed by atoms with Crippen LogP contribution in [0.15, 0.2) is 11.6 Å². The molecule has 0 aliphatic heterocycles. The Kier molecular flexibility index (Phi) is 6.46. The molecule has 11 atom stereocenters. The van der Waals surface area contributed by atoms with Gasteiger partial charge in [0.15, 0.2) is 5.78 Å². The Bertz CT molecular complexity index is 892. The lowest BCUT2D eigenvalue weighted by atomic mass is 9.45. The monoisotopic (exact) mass is 496 g/mol. The molecule has 0 radical (unpaired) electrons. The minimum absolute atomic E-state index is 0.115. The maximum absolute atomic E-state index is 13.3. The molecule has 4 rings (SSSR count). The summed E-state index contributed by atoms with van der Waals surface area (Å²) in [4.78, 5) is 13.3. The highest BCUT2D eigenvalue weighted by atomic mass is 16.3. The quantitative estimate of drug-likeness (QED) is 0.295. The zero-order chi connectivity index (χ0) is 26.4. The molecule has 0 spiro atoms. The normalized spacial score (nSPS) is 48.3. The first-order chi connectivity index (χ1) is 15.9. The van der Waals surface area contributed by atoms with E-state index in [0.29, 0.717) is 12.0 Å². The molecule has 0 saturated heterocycles. The molecule has 3 fully saturated rings. The summed E-state index contributed by atoms with van der Waals surface area (Å²) in [6, 6.07) is 0. The van der Waals surface area contributed by atoms with E-state index in [4.69, 9.17) is 0 Å². The minimum atomic E-state index is -1.59. The van der Waals surface area contributed by atoms with Crippen molar-refractivity contribution in [2.75, 3.05) is 0 Å². The van der Waals surface area contributed by atoms with Gasteiger partial charge in [0.05, 0.1) is 41.2 Å². The first-order valence-corrected chi connectivity index (χ1v) is 13.0. The minimum Gasteiger partial charge on any atom is -0.392 e. The summed E-state index contributed by atoms with van der Waals surface area (Å²) in [6.07, 6.45) is -1.08. The van der Waals surface area contributed by atoms with Crippen molar-refractivity contribution in [2.45, 2.75) is 121 Å². The van der Waals surface area contributed by atoms with E-state index in [1.54, 1.807) is 20.8 Å². The zero-order valence-electron chi connectivity index (χ0n) is 21.6. The van der Waals surface area contributed by atoms with Crippen LogP contribution in [0.1, 0.15) is 79.6 Å². The van der Waals surface area contributed by atoms with E-state index < -0.39 is 69.8 Å². The number of aliphatic hydroxyl groups excluding tert-OH is 4. The van der Waals surface area contributed by atoms with Crippen LogP contribution in [0.2, 0.25) is 0 Å². The predicted molar refractivity (Wildman–Crippen MR) is 128 cm³/mol. The molecule has 4 aliphatic rings. The van der Waals surface area contributed by atoms with Gasteiger partial charge in [-0.15, -0.1) is 0 Å². The number of aliphatic hydroxyl groups is 7. The van der Waals surface area contributed by atoms with Gasteiger partial charge in [0.1, 0.15) is 0 Å². The lowest BCUT2D eigenvalue weighted by molar-refractivity contribution is -0.197. The molecule has 0 aromatic carbocycles. The summed E-state index contributed by atoms with van der Waals surface area (Å²) in [7, 11) is 0. The molecular weight excluding hydrogens is 452 g/mol. The van der Waals surface area contributed by atoms with Gasteiger partial charge in [-0.1, -0.05) is 13.8 Å². The van der Waals surface area contributed by atoms with Gasteiger partial charge in [0.2, 0.25) is 0 Å². The van der Waals surface area contributed by atoms with Gasteiger partial charge in [0, 0.05) is 17.3 Å². The highest BCUT2D eigenvalue weighted by Gasteiger charge is 2.71. The van der Waals surface area contributed by atoms with Gasteiger partial charge in [-0.25, -0.2) is 0 Å². The van der Waals surface area contributed by atoms with Gasteiger partial charge in [-0.2, -0.15) is 0 Å². The van der Waals surface area contributed by atoms with Crippen molar-refractivity contribution in [1.29, 1.82) is 0 Å². The van der Waals surface area contributed by atoms with Crippen LogP contribution in [0.3, 0.4) is 0 Å². The highest BCUT2D eigenvalue weighted by Crippen LogP contribution is 2.68. The largest absolute Gasteiger partial charge is 0.392 e. The molecule has 4 aliphatic carbocycles. The van der Waals surface area contributed by atoms with Crippen LogP contribution in [0.5, 0.6) is 0 Å². The fourth-order valence-corrected chi connectivity index (χ4v) is 8.44. The Morgan fingerprint density at radius 2 is 1.69 bits per heavy atom. The third-order valence-electron chi connectivity index (χ3n) is 10.5. The topological polar surface area (TPSA) is 159 Å². The van der Waals surface area contributed by atoms with Crippen LogP contribution in [-0.4, -0.2) is 82.7 Å². The smallest absolute Gasteiger partial charge is 0.159 e. The second-order valence-corrected chi connectivity index (χ2v) is 13.3. The summed E-state index contributed by atoms with van der Waals surface area (Å²) >= 11 is 0. The van der Waals surface area contributed by atoms with Crippen LogP contribution in [0.25, 0.3) is 0 Å². The van der Waals surface area contributed by atoms with Gasteiger partial charge in [-0.3, -0.25) is 4.79 Å². The molecule has 0 aromatic rings. The predicted octanol–water partition coefficient (Wildman–Crippen LogP) is 0.825. The molecule has 8 heteroatoms. The van der Waals surface area contributed by atoms with Crippen LogP contribution in [-0.2, 0) is 4.79 Å². The lowest BCUT2D eigenvalue weighted by Gasteiger charge is -2.62. The summed E-state index contributed by atoms with van der Waals surface area (Å²) < 4.78 is 0. The van der Waals surface area contributed by atoms with E-state index in [1.165, 1.54) is 6.08 Å². The first-order valence-electron chi connectivity index (χ1n) is 13.0. The van der Waals surface area contributed by atoms with E-state index in [1.807, 2.05) is 13.8 Å². The Hall–Kier alpha value is -0.870. The number of fused-ring (bicyclic) bond motifs is 5. The van der Waals surface area contributed by atoms with Gasteiger partial charge < -0.3 is 35.7 Å². The van der Waals surface area contributed by atoms with Gasteiger partial charge in [-0.05, 0) is 88.7 Å². The van der Waals surface area contributed by atoms with E-state index in [0.717, 1.165) is 0 Å². The molecule has 0 amide bonds. The third-order valence-corrected chi connectivity index (χ3v) is 10.5. The summed E-state index contributed by atoms with van der Waals surface area (Å²) in [6.45, 7) is 8.52. The zero-order valence-corrected chi connectivity index (χ0v) is 21.6. The van der Waals surface area contributed by atoms with Crippen molar-refractivity contribution in [2.24, 2.45) is 28.6 Å². The summed E-state index contributed by atoms with van der Waals surface area (Å²) in [5.74, 6) is -1.89. The molecule has 0 aromatic heterocycles. The van der Waals surface area contributed by atoms with Crippen molar-refractivity contribution in [3.05, 3.63) is 11.6 Å². The number of hydrogen-bond donors (Lipinski definition) is 7. The lowest BCUT2D eigenvalue weighted by Crippen LogP contribution is -2.66. The van der Waals surface area contributed by atoms with Crippen LogP contribution in [0, 0.1) is 28.6 Å². The average molecular weight is 497 g/mol. The van der Waals surface area contributed by atoms with E-state index in [-0.39, 0.29) is 44.3 Å². The van der Waals surface area contributed by atoms with Crippen molar-refractivity contribution in [3.8, 4) is 0 Å². The maximum Gasteiger partial charge on any atom is 0.159 e. The highest BCUT2D eigenvalue weighted by molar-refractivity contribution is 5.95. The Labute approximate surface area is 207 Å². The number of carbonyl (C=O) groups excluding carboxylic acids is 1. The average Bonchev–Trinajstić information content (AvgIpc) is 2.99. The van der Waals surface area contributed by atoms with Gasteiger partial charge in [0.25, 0.3) is 0 Å². The SMILES string of the molecule is CC(C)(O)CC[C@H](O)[C@](C)(O)[C@H]1CC[C@@]2(O)C3=CC(=O)[C@@H]4C[C@@H](O)[C@@H](O)C[C@]4(C)C3[C@H](O)C[C@]12C. The Morgan fingerprint density at radius 1 is 1.06 bits per heavy atom. The van der Waals surface area contributed by atoms with Crippen molar-refractivity contribution in [3.63, 3.8) is 0 Å². The first kappa shape index (κ1) is 27.2. The van der Waals surface area contributed by atoms with Crippen LogP contribution >= 0.6 is 0 Å². The van der Waals surface area contributed by atoms with Crippen LogP contribution < -0.4 is 0 Å². The number of ketones is 1. The molecular formula is C27H44O8. The molecule has 200 valence electrons. The number of rotatable bonds is 5. The maximum atomic E-state index is 13.3. The fraction of sp³-hybridized carbons (Fsp3) is 0.889. The second kappa shape index (κ2) is 8.32. The third kappa shape index (κ3) is 3.95. The second-order valence-electron chi connectivity index (χ2n) is 13.3. The molecule has 3 saturated carbocycles. The molecule has 0 heterocycles. The summed E-state index contributed by atoms with van der Waals surface area (Å²) in [5, 5.41) is 77.0. The van der Waals surface area contributed by atoms with E-state index >= 15 is 0 Å². The van der Waals surface area contributed by atoms with Crippen LogP contribution in [0.4, 0.5) is 0 Å². The Balaban J connectivity index is 1.71. The van der Waals surface area contributed by atoms with Crippen molar-refractivity contribution >= 4 is 5.78 Å². The summed E-state index contributed by atoms with van der Waals surface area (Å²) in [5.41, 5.74) is -5.42.